The summed E-state index contributed by atoms with van der Waals surface area (Å²) in [5.41, 5.74) is 0.761. The third kappa shape index (κ3) is 3.94. The van der Waals surface area contributed by atoms with Gasteiger partial charge in [0.05, 0.1) is 13.7 Å². The lowest BCUT2D eigenvalue weighted by atomic mass is 9.88. The van der Waals surface area contributed by atoms with Crippen LogP contribution in [-0.4, -0.2) is 42.5 Å². The summed E-state index contributed by atoms with van der Waals surface area (Å²) >= 11 is 0. The molecule has 0 aliphatic carbocycles. The minimum Gasteiger partial charge on any atom is -0.493 e. The second kappa shape index (κ2) is 7.98. The third-order valence-electron chi connectivity index (χ3n) is 5.54. The molecule has 1 saturated heterocycles. The Morgan fingerprint density at radius 1 is 1.42 bits per heavy atom. The number of hydrogen-bond donors (Lipinski definition) is 1. The van der Waals surface area contributed by atoms with E-state index in [0.29, 0.717) is 44.7 Å². The molecule has 0 unspecified atom stereocenters. The van der Waals surface area contributed by atoms with Gasteiger partial charge in [-0.3, -0.25) is 9.59 Å². The van der Waals surface area contributed by atoms with Crippen molar-refractivity contribution in [2.24, 2.45) is 0 Å². The molecule has 1 N–H and O–H groups in total. The predicted octanol–water partition coefficient (Wildman–Crippen LogP) is 2.65. The molecule has 2 amide bonds. The Morgan fingerprint density at radius 2 is 2.27 bits per heavy atom. The molecule has 3 rings (SSSR count). The van der Waals surface area contributed by atoms with Crippen molar-refractivity contribution in [3.63, 3.8) is 0 Å². The highest BCUT2D eigenvalue weighted by atomic mass is 16.5. The van der Waals surface area contributed by atoms with Crippen molar-refractivity contribution in [1.82, 2.24) is 10.2 Å². The van der Waals surface area contributed by atoms with E-state index < -0.39 is 0 Å². The Balaban J connectivity index is 1.68. The Kier molecular flexibility index (Phi) is 5.69. The second-order valence-corrected chi connectivity index (χ2v) is 7.15. The van der Waals surface area contributed by atoms with Crippen molar-refractivity contribution in [3.8, 4) is 11.5 Å². The van der Waals surface area contributed by atoms with E-state index in [1.54, 1.807) is 7.11 Å². The summed E-state index contributed by atoms with van der Waals surface area (Å²) in [6, 6.07) is 5.78. The summed E-state index contributed by atoms with van der Waals surface area (Å²) in [7, 11) is 1.63. The topological polar surface area (TPSA) is 67.9 Å². The SMILES string of the molecule is CC[C@@]1(CCC(=O)N2CCCOc3c(cccc3OC)C2)CCC(=O)N1. The summed E-state index contributed by atoms with van der Waals surface area (Å²) < 4.78 is 11.2. The van der Waals surface area contributed by atoms with Crippen molar-refractivity contribution in [1.29, 1.82) is 0 Å². The molecule has 0 saturated carbocycles. The number of ether oxygens (including phenoxy) is 2. The van der Waals surface area contributed by atoms with Gasteiger partial charge in [0.1, 0.15) is 0 Å². The first-order valence-corrected chi connectivity index (χ1v) is 9.44. The summed E-state index contributed by atoms with van der Waals surface area (Å²) in [4.78, 5) is 26.4. The zero-order chi connectivity index (χ0) is 18.6. The van der Waals surface area contributed by atoms with E-state index in [-0.39, 0.29) is 17.4 Å². The van der Waals surface area contributed by atoms with Crippen molar-refractivity contribution in [2.75, 3.05) is 20.3 Å². The number of amides is 2. The standard InChI is InChI=1S/C20H28N2O4/c1-3-20(10-8-17(23)21-20)11-9-18(24)22-12-5-13-26-19-15(14-22)6-4-7-16(19)25-2/h4,6-7H,3,5,8-14H2,1-2H3,(H,21,23)/t20-/m0/s1. The largest absolute Gasteiger partial charge is 0.493 e. The minimum absolute atomic E-state index is 0.101. The molecule has 6 heteroatoms. The van der Waals surface area contributed by atoms with Crippen LogP contribution in [0.15, 0.2) is 18.2 Å². The lowest BCUT2D eigenvalue weighted by Gasteiger charge is -2.30. The fourth-order valence-electron chi connectivity index (χ4n) is 3.84. The van der Waals surface area contributed by atoms with Crippen LogP contribution in [0.25, 0.3) is 0 Å². The number of benzene rings is 1. The summed E-state index contributed by atoms with van der Waals surface area (Å²) in [5.74, 6) is 1.68. The molecule has 2 aliphatic heterocycles. The maximum absolute atomic E-state index is 12.9. The summed E-state index contributed by atoms with van der Waals surface area (Å²) in [6.45, 7) is 3.84. The van der Waals surface area contributed by atoms with Gasteiger partial charge in [0, 0.05) is 37.0 Å². The number of methoxy groups -OCH3 is 1. The van der Waals surface area contributed by atoms with Gasteiger partial charge in [0.25, 0.3) is 0 Å². The van der Waals surface area contributed by atoms with Crippen LogP contribution in [0.1, 0.15) is 51.0 Å². The molecule has 0 radical (unpaired) electrons. The lowest BCUT2D eigenvalue weighted by molar-refractivity contribution is -0.132. The zero-order valence-electron chi connectivity index (χ0n) is 15.7. The van der Waals surface area contributed by atoms with E-state index in [9.17, 15) is 9.59 Å². The summed E-state index contributed by atoms with van der Waals surface area (Å²) in [5, 5.41) is 3.08. The van der Waals surface area contributed by atoms with Crippen LogP contribution in [0, 0.1) is 0 Å². The molecule has 0 aromatic heterocycles. The van der Waals surface area contributed by atoms with Gasteiger partial charge >= 0.3 is 0 Å². The number of carbonyl (C=O) groups excluding carboxylic acids is 2. The van der Waals surface area contributed by atoms with Crippen LogP contribution >= 0.6 is 0 Å². The van der Waals surface area contributed by atoms with Crippen LogP contribution in [0.5, 0.6) is 11.5 Å². The molecular formula is C20H28N2O4. The van der Waals surface area contributed by atoms with E-state index in [1.807, 2.05) is 23.1 Å². The van der Waals surface area contributed by atoms with Crippen molar-refractivity contribution >= 4 is 11.8 Å². The molecule has 1 fully saturated rings. The fourth-order valence-corrected chi connectivity index (χ4v) is 3.84. The maximum atomic E-state index is 12.9. The van der Waals surface area contributed by atoms with Crippen LogP contribution in [0.2, 0.25) is 0 Å². The normalized spacial score (nSPS) is 22.7. The number of nitrogens with zero attached hydrogens (tertiary/aromatic N) is 1. The van der Waals surface area contributed by atoms with Gasteiger partial charge in [0.15, 0.2) is 11.5 Å². The van der Waals surface area contributed by atoms with Gasteiger partial charge in [-0.25, -0.2) is 0 Å². The molecule has 1 atom stereocenters. The van der Waals surface area contributed by atoms with Crippen LogP contribution < -0.4 is 14.8 Å². The van der Waals surface area contributed by atoms with Crippen LogP contribution in [0.3, 0.4) is 0 Å². The molecule has 2 heterocycles. The lowest BCUT2D eigenvalue weighted by Crippen LogP contribution is -2.42. The minimum atomic E-state index is -0.209. The average Bonchev–Trinajstić information content (AvgIpc) is 3.01. The fraction of sp³-hybridized carbons (Fsp3) is 0.600. The van der Waals surface area contributed by atoms with Gasteiger partial charge < -0.3 is 19.7 Å². The number of rotatable bonds is 5. The van der Waals surface area contributed by atoms with E-state index in [2.05, 4.69) is 12.2 Å². The number of hydrogen-bond acceptors (Lipinski definition) is 4. The molecular weight excluding hydrogens is 332 g/mol. The molecule has 1 aromatic rings. The van der Waals surface area contributed by atoms with E-state index in [4.69, 9.17) is 9.47 Å². The molecule has 26 heavy (non-hydrogen) atoms. The number of carbonyl (C=O) groups is 2. The summed E-state index contributed by atoms with van der Waals surface area (Å²) in [6.07, 6.45) is 4.19. The van der Waals surface area contributed by atoms with E-state index in [1.165, 1.54) is 0 Å². The smallest absolute Gasteiger partial charge is 0.222 e. The first-order valence-electron chi connectivity index (χ1n) is 9.44. The maximum Gasteiger partial charge on any atom is 0.222 e. The van der Waals surface area contributed by atoms with Crippen LogP contribution in [-0.2, 0) is 16.1 Å². The molecule has 0 spiro atoms. The Hall–Kier alpha value is -2.24. The zero-order valence-corrected chi connectivity index (χ0v) is 15.7. The van der Waals surface area contributed by atoms with Gasteiger partial charge in [-0.15, -0.1) is 0 Å². The van der Waals surface area contributed by atoms with Crippen molar-refractivity contribution < 1.29 is 19.1 Å². The number of para-hydroxylation sites is 1. The monoisotopic (exact) mass is 360 g/mol. The van der Waals surface area contributed by atoms with E-state index >= 15 is 0 Å². The van der Waals surface area contributed by atoms with Gasteiger partial charge in [-0.2, -0.15) is 0 Å². The Bertz CT molecular complexity index is 676. The first kappa shape index (κ1) is 18.5. The number of nitrogens with one attached hydrogen (secondary N) is 1. The molecule has 0 bridgehead atoms. The second-order valence-electron chi connectivity index (χ2n) is 7.15. The van der Waals surface area contributed by atoms with Crippen molar-refractivity contribution in [2.45, 2.75) is 57.5 Å². The Labute approximate surface area is 154 Å². The quantitative estimate of drug-likeness (QED) is 0.877. The average molecular weight is 360 g/mol. The van der Waals surface area contributed by atoms with Crippen LogP contribution in [0.4, 0.5) is 0 Å². The molecule has 1 aromatic carbocycles. The highest BCUT2D eigenvalue weighted by Gasteiger charge is 2.36. The highest BCUT2D eigenvalue weighted by Crippen LogP contribution is 2.34. The Morgan fingerprint density at radius 3 is 2.96 bits per heavy atom. The molecule has 2 aliphatic rings. The van der Waals surface area contributed by atoms with Crippen molar-refractivity contribution in [3.05, 3.63) is 23.8 Å². The highest BCUT2D eigenvalue weighted by molar-refractivity contribution is 5.80. The number of fused-ring (bicyclic) bond motifs is 1. The van der Waals surface area contributed by atoms with Gasteiger partial charge in [-0.05, 0) is 31.7 Å². The first-order chi connectivity index (χ1) is 12.6. The predicted molar refractivity (Wildman–Crippen MR) is 98.2 cm³/mol. The van der Waals surface area contributed by atoms with E-state index in [0.717, 1.165) is 30.6 Å². The molecule has 6 nitrogen and oxygen atoms in total. The van der Waals surface area contributed by atoms with Gasteiger partial charge in [-0.1, -0.05) is 19.1 Å². The van der Waals surface area contributed by atoms with Gasteiger partial charge in [0.2, 0.25) is 11.8 Å². The molecule has 142 valence electrons. The third-order valence-corrected chi connectivity index (χ3v) is 5.54.